The van der Waals surface area contributed by atoms with Crippen molar-refractivity contribution < 1.29 is 23.9 Å². The minimum absolute atomic E-state index is 0.0425. The van der Waals surface area contributed by atoms with Crippen LogP contribution in [0.3, 0.4) is 0 Å². The number of anilines is 2. The van der Waals surface area contributed by atoms with Crippen LogP contribution in [-0.2, 0) is 14.3 Å². The first-order valence-corrected chi connectivity index (χ1v) is 11.2. The third-order valence-electron chi connectivity index (χ3n) is 5.03. The molecule has 2 aromatic carbocycles. The Morgan fingerprint density at radius 3 is 2.34 bits per heavy atom. The summed E-state index contributed by atoms with van der Waals surface area (Å²) in [5, 5.41) is 2.86. The fourth-order valence-electron chi connectivity index (χ4n) is 3.38. The second-order valence-corrected chi connectivity index (χ2v) is 8.15. The summed E-state index contributed by atoms with van der Waals surface area (Å²) in [5.74, 6) is -0.190. The minimum Gasteiger partial charge on any atom is -0.484 e. The van der Waals surface area contributed by atoms with E-state index in [0.717, 1.165) is 10.2 Å². The van der Waals surface area contributed by atoms with Crippen molar-refractivity contribution in [3.63, 3.8) is 0 Å². The summed E-state index contributed by atoms with van der Waals surface area (Å²) in [7, 11) is 0. The van der Waals surface area contributed by atoms with E-state index >= 15 is 0 Å². The number of hydrogen-bond donors (Lipinski definition) is 1. The molecule has 1 aliphatic heterocycles. The second kappa shape index (κ2) is 11.0. The number of halogens is 1. The highest BCUT2D eigenvalue weighted by Crippen LogP contribution is 2.29. The number of hydrogen-bond acceptors (Lipinski definition) is 6. The molecule has 1 aliphatic rings. The molecule has 1 heterocycles. The molecule has 0 bridgehead atoms. The third-order valence-corrected chi connectivity index (χ3v) is 5.56. The molecule has 170 valence electrons. The number of amides is 2. The molecule has 0 saturated carbocycles. The van der Waals surface area contributed by atoms with E-state index in [2.05, 4.69) is 26.1 Å². The highest BCUT2D eigenvalue weighted by molar-refractivity contribution is 9.10. The summed E-state index contributed by atoms with van der Waals surface area (Å²) >= 11 is 3.36. The summed E-state index contributed by atoms with van der Waals surface area (Å²) in [5.41, 5.74) is 1.62. The molecule has 2 amide bonds. The molecular formula is C23H26BrN3O5. The van der Waals surface area contributed by atoms with Gasteiger partial charge in [-0.3, -0.25) is 9.59 Å². The zero-order chi connectivity index (χ0) is 23.1. The van der Waals surface area contributed by atoms with Gasteiger partial charge in [0.05, 0.1) is 23.5 Å². The molecule has 1 saturated heterocycles. The van der Waals surface area contributed by atoms with E-state index < -0.39 is 5.97 Å². The Kier molecular flexibility index (Phi) is 8.10. The van der Waals surface area contributed by atoms with Crippen LogP contribution in [-0.4, -0.2) is 62.1 Å². The van der Waals surface area contributed by atoms with E-state index in [9.17, 15) is 14.4 Å². The third kappa shape index (κ3) is 6.23. The van der Waals surface area contributed by atoms with Crippen molar-refractivity contribution in [3.05, 3.63) is 52.5 Å². The van der Waals surface area contributed by atoms with Gasteiger partial charge in [-0.25, -0.2) is 4.79 Å². The first-order chi connectivity index (χ1) is 15.4. The molecule has 9 heteroatoms. The van der Waals surface area contributed by atoms with Crippen LogP contribution in [0, 0.1) is 0 Å². The van der Waals surface area contributed by atoms with Gasteiger partial charge in [0.25, 0.3) is 5.91 Å². The second-order valence-electron chi connectivity index (χ2n) is 7.24. The van der Waals surface area contributed by atoms with Gasteiger partial charge >= 0.3 is 5.97 Å². The fraction of sp³-hybridized carbons (Fsp3) is 0.348. The van der Waals surface area contributed by atoms with Crippen molar-refractivity contribution in [3.8, 4) is 5.75 Å². The molecule has 1 N–H and O–H groups in total. The Bertz CT molecular complexity index is 972. The van der Waals surface area contributed by atoms with E-state index in [4.69, 9.17) is 9.47 Å². The predicted octanol–water partition coefficient (Wildman–Crippen LogP) is 3.31. The largest absolute Gasteiger partial charge is 0.484 e. The Labute approximate surface area is 195 Å². The van der Waals surface area contributed by atoms with Crippen molar-refractivity contribution in [1.82, 2.24) is 4.90 Å². The highest BCUT2D eigenvalue weighted by Gasteiger charge is 2.22. The van der Waals surface area contributed by atoms with Crippen molar-refractivity contribution in [1.29, 1.82) is 0 Å². The molecule has 0 aromatic heterocycles. The Morgan fingerprint density at radius 2 is 1.72 bits per heavy atom. The van der Waals surface area contributed by atoms with Gasteiger partial charge in [-0.05, 0) is 49.4 Å². The summed E-state index contributed by atoms with van der Waals surface area (Å²) in [6.07, 6.45) is 0. The normalized spacial score (nSPS) is 13.5. The first kappa shape index (κ1) is 23.6. The van der Waals surface area contributed by atoms with Gasteiger partial charge in [0.15, 0.2) is 6.61 Å². The Morgan fingerprint density at radius 1 is 1.03 bits per heavy atom. The number of rotatable bonds is 7. The van der Waals surface area contributed by atoms with Crippen molar-refractivity contribution in [2.24, 2.45) is 0 Å². The van der Waals surface area contributed by atoms with Crippen LogP contribution in [0.1, 0.15) is 24.2 Å². The monoisotopic (exact) mass is 503 g/mol. The Hall–Kier alpha value is -3.07. The quantitative estimate of drug-likeness (QED) is 0.583. The maximum Gasteiger partial charge on any atom is 0.338 e. The smallest absolute Gasteiger partial charge is 0.338 e. The van der Waals surface area contributed by atoms with E-state index in [1.54, 1.807) is 49.1 Å². The van der Waals surface area contributed by atoms with Crippen molar-refractivity contribution >= 4 is 45.1 Å². The van der Waals surface area contributed by atoms with Crippen LogP contribution in [0.4, 0.5) is 11.4 Å². The summed E-state index contributed by atoms with van der Waals surface area (Å²) in [6.45, 7) is 5.81. The number of carbonyl (C=O) groups excluding carboxylic acids is 3. The van der Waals surface area contributed by atoms with Gasteiger partial charge in [0.2, 0.25) is 5.91 Å². The first-order valence-electron chi connectivity index (χ1n) is 10.4. The summed E-state index contributed by atoms with van der Waals surface area (Å²) in [6, 6.07) is 12.3. The number of nitrogens with one attached hydrogen (secondary N) is 1. The van der Waals surface area contributed by atoms with Crippen molar-refractivity contribution in [2.45, 2.75) is 13.8 Å². The van der Waals surface area contributed by atoms with Crippen molar-refractivity contribution in [2.75, 3.05) is 49.6 Å². The molecule has 2 aromatic rings. The molecule has 0 spiro atoms. The van der Waals surface area contributed by atoms with Gasteiger partial charge in [-0.15, -0.1) is 0 Å². The van der Waals surface area contributed by atoms with Gasteiger partial charge in [0, 0.05) is 37.6 Å². The number of piperazine rings is 1. The fourth-order valence-corrected chi connectivity index (χ4v) is 3.65. The SMILES string of the molecule is CCOC(=O)c1ccc(N2CCN(C(C)=O)CC2)c(NC(=O)COc2ccc(Br)cc2)c1. The van der Waals surface area contributed by atoms with Gasteiger partial charge in [-0.2, -0.15) is 0 Å². The predicted molar refractivity (Wildman–Crippen MR) is 125 cm³/mol. The van der Waals surface area contributed by atoms with Gasteiger partial charge in [-0.1, -0.05) is 15.9 Å². The molecule has 0 aliphatic carbocycles. The van der Waals surface area contributed by atoms with Crippen LogP contribution in [0.2, 0.25) is 0 Å². The zero-order valence-corrected chi connectivity index (χ0v) is 19.7. The lowest BCUT2D eigenvalue weighted by atomic mass is 10.1. The molecule has 0 radical (unpaired) electrons. The number of nitrogens with zero attached hydrogens (tertiary/aromatic N) is 2. The number of esters is 1. The maximum atomic E-state index is 12.6. The highest BCUT2D eigenvalue weighted by atomic mass is 79.9. The summed E-state index contributed by atoms with van der Waals surface area (Å²) in [4.78, 5) is 40.3. The zero-order valence-electron chi connectivity index (χ0n) is 18.1. The topological polar surface area (TPSA) is 88.2 Å². The van der Waals surface area contributed by atoms with Gasteiger partial charge in [0.1, 0.15) is 5.75 Å². The van der Waals surface area contributed by atoms with Crippen LogP contribution < -0.4 is 15.0 Å². The minimum atomic E-state index is -0.456. The average molecular weight is 504 g/mol. The number of benzene rings is 2. The lowest BCUT2D eigenvalue weighted by Gasteiger charge is -2.36. The van der Waals surface area contributed by atoms with Crippen LogP contribution in [0.25, 0.3) is 0 Å². The van der Waals surface area contributed by atoms with E-state index in [1.165, 1.54) is 0 Å². The Balaban J connectivity index is 1.75. The van der Waals surface area contributed by atoms with Gasteiger partial charge < -0.3 is 24.6 Å². The lowest BCUT2D eigenvalue weighted by Crippen LogP contribution is -2.48. The number of ether oxygens (including phenoxy) is 2. The van der Waals surface area contributed by atoms with E-state index in [-0.39, 0.29) is 25.0 Å². The maximum absolute atomic E-state index is 12.6. The van der Waals surface area contributed by atoms with Crippen LogP contribution in [0.5, 0.6) is 5.75 Å². The molecule has 3 rings (SSSR count). The summed E-state index contributed by atoms with van der Waals surface area (Å²) < 4.78 is 11.6. The molecule has 32 heavy (non-hydrogen) atoms. The lowest BCUT2D eigenvalue weighted by molar-refractivity contribution is -0.129. The molecule has 1 fully saturated rings. The standard InChI is InChI=1S/C23H26BrN3O5/c1-3-31-23(30)17-4-9-21(27-12-10-26(11-13-27)16(2)28)20(14-17)25-22(29)15-32-19-7-5-18(24)6-8-19/h4-9,14H,3,10-13,15H2,1-2H3,(H,25,29). The van der Waals surface area contributed by atoms with E-state index in [0.29, 0.717) is 43.2 Å². The number of carbonyl (C=O) groups is 3. The van der Waals surface area contributed by atoms with E-state index in [1.807, 2.05) is 12.1 Å². The molecule has 8 nitrogen and oxygen atoms in total. The molecular weight excluding hydrogens is 478 g/mol. The van der Waals surface area contributed by atoms with Crippen LogP contribution >= 0.6 is 15.9 Å². The molecule has 0 unspecified atom stereocenters. The average Bonchev–Trinajstić information content (AvgIpc) is 2.79. The molecule has 0 atom stereocenters. The van der Waals surface area contributed by atoms with Crippen LogP contribution in [0.15, 0.2) is 46.9 Å².